The molecule has 3 rings (SSSR count). The first-order valence-electron chi connectivity index (χ1n) is 10.4. The van der Waals surface area contributed by atoms with Crippen molar-refractivity contribution in [1.29, 1.82) is 0 Å². The Kier molecular flexibility index (Phi) is 8.10. The molecule has 8 heteroatoms. The zero-order valence-electron chi connectivity index (χ0n) is 18.4. The van der Waals surface area contributed by atoms with Gasteiger partial charge in [-0.25, -0.2) is 0 Å². The number of aromatic hydroxyl groups is 1. The zero-order valence-corrected chi connectivity index (χ0v) is 18.4. The molecule has 1 heterocycles. The number of carbonyl (C=O) groups is 1. The van der Waals surface area contributed by atoms with Crippen LogP contribution < -0.4 is 14.9 Å². The van der Waals surface area contributed by atoms with Gasteiger partial charge in [-0.2, -0.15) is 0 Å². The molecule has 0 aliphatic rings. The maximum atomic E-state index is 12.3. The number of aliphatic hydroxyl groups excluding tert-OH is 1. The molecular formula is C25H26O8. The van der Waals surface area contributed by atoms with E-state index in [9.17, 15) is 19.8 Å². The van der Waals surface area contributed by atoms with E-state index >= 15 is 0 Å². The summed E-state index contributed by atoms with van der Waals surface area (Å²) < 4.78 is 22.0. The van der Waals surface area contributed by atoms with Crippen molar-refractivity contribution in [2.24, 2.45) is 0 Å². The number of hydrogen-bond acceptors (Lipinski definition) is 8. The largest absolute Gasteiger partial charge is 0.502 e. The summed E-state index contributed by atoms with van der Waals surface area (Å²) in [5, 5.41) is 19.9. The van der Waals surface area contributed by atoms with Crippen LogP contribution in [0.25, 0.3) is 0 Å². The first kappa shape index (κ1) is 23.9. The summed E-state index contributed by atoms with van der Waals surface area (Å²) in [6.07, 6.45) is -0.205. The first-order chi connectivity index (χ1) is 16.0. The molecule has 0 saturated heterocycles. The van der Waals surface area contributed by atoms with Gasteiger partial charge < -0.3 is 28.8 Å². The Morgan fingerprint density at radius 2 is 1.85 bits per heavy atom. The van der Waals surface area contributed by atoms with Gasteiger partial charge in [0.15, 0.2) is 17.3 Å². The molecular weight excluding hydrogens is 428 g/mol. The van der Waals surface area contributed by atoms with Gasteiger partial charge in [0.25, 0.3) is 0 Å². The summed E-state index contributed by atoms with van der Waals surface area (Å²) in [4.78, 5) is 24.6. The third-order valence-electron chi connectivity index (χ3n) is 4.98. The van der Waals surface area contributed by atoms with Gasteiger partial charge in [0.2, 0.25) is 11.2 Å². The van der Waals surface area contributed by atoms with E-state index in [1.54, 1.807) is 25.1 Å². The van der Waals surface area contributed by atoms with Crippen LogP contribution in [0.15, 0.2) is 63.8 Å². The van der Waals surface area contributed by atoms with Crippen LogP contribution in [0, 0.1) is 0 Å². The molecule has 0 spiro atoms. The second-order valence-electron chi connectivity index (χ2n) is 7.19. The molecule has 0 saturated carbocycles. The van der Waals surface area contributed by atoms with Crippen molar-refractivity contribution in [3.05, 3.63) is 87.5 Å². The highest BCUT2D eigenvalue weighted by Gasteiger charge is 2.27. The lowest BCUT2D eigenvalue weighted by molar-refractivity contribution is -0.143. The number of hydrogen-bond donors (Lipinski definition) is 2. The molecule has 0 aliphatic heterocycles. The number of esters is 1. The molecule has 2 aromatic carbocycles. The van der Waals surface area contributed by atoms with E-state index < -0.39 is 29.7 Å². The first-order valence-corrected chi connectivity index (χ1v) is 10.4. The van der Waals surface area contributed by atoms with Crippen LogP contribution in [0.4, 0.5) is 0 Å². The van der Waals surface area contributed by atoms with Crippen LogP contribution in [0.1, 0.15) is 41.9 Å². The van der Waals surface area contributed by atoms with Gasteiger partial charge in [0, 0.05) is 6.07 Å². The number of methoxy groups -OCH3 is 1. The van der Waals surface area contributed by atoms with E-state index in [2.05, 4.69) is 0 Å². The van der Waals surface area contributed by atoms with Crippen LogP contribution in [-0.4, -0.2) is 29.9 Å². The zero-order chi connectivity index (χ0) is 23.8. The predicted octanol–water partition coefficient (Wildman–Crippen LogP) is 3.51. The molecule has 0 radical (unpaired) electrons. The lowest BCUT2D eigenvalue weighted by Crippen LogP contribution is -2.15. The molecule has 0 fully saturated rings. The Morgan fingerprint density at radius 1 is 1.09 bits per heavy atom. The lowest BCUT2D eigenvalue weighted by Gasteiger charge is -2.19. The van der Waals surface area contributed by atoms with Crippen molar-refractivity contribution in [2.75, 3.05) is 13.7 Å². The van der Waals surface area contributed by atoms with Gasteiger partial charge >= 0.3 is 5.97 Å². The molecule has 0 unspecified atom stereocenters. The molecule has 2 N–H and O–H groups in total. The Labute approximate surface area is 191 Å². The van der Waals surface area contributed by atoms with E-state index in [1.165, 1.54) is 7.11 Å². The number of ether oxygens (including phenoxy) is 3. The average molecular weight is 454 g/mol. The molecule has 0 bridgehead atoms. The van der Waals surface area contributed by atoms with Gasteiger partial charge in [-0.05, 0) is 30.2 Å². The molecule has 1 aromatic heterocycles. The van der Waals surface area contributed by atoms with E-state index in [4.69, 9.17) is 18.6 Å². The molecule has 33 heavy (non-hydrogen) atoms. The maximum Gasteiger partial charge on any atom is 0.306 e. The third-order valence-corrected chi connectivity index (χ3v) is 4.98. The Bertz CT molecular complexity index is 1140. The minimum atomic E-state index is -0.867. The van der Waals surface area contributed by atoms with E-state index in [-0.39, 0.29) is 31.2 Å². The topological polar surface area (TPSA) is 115 Å². The molecule has 0 aliphatic carbocycles. The maximum absolute atomic E-state index is 12.3. The summed E-state index contributed by atoms with van der Waals surface area (Å²) in [6.45, 7) is 1.60. The molecule has 8 nitrogen and oxygen atoms in total. The number of aliphatic hydroxyl groups is 1. The number of rotatable bonds is 10. The van der Waals surface area contributed by atoms with Crippen molar-refractivity contribution >= 4 is 5.97 Å². The lowest BCUT2D eigenvalue weighted by atomic mass is 9.91. The Morgan fingerprint density at radius 3 is 2.52 bits per heavy atom. The van der Waals surface area contributed by atoms with Crippen molar-refractivity contribution in [3.8, 4) is 17.2 Å². The van der Waals surface area contributed by atoms with Gasteiger partial charge in [0.1, 0.15) is 19.0 Å². The van der Waals surface area contributed by atoms with Crippen LogP contribution in [0.5, 0.6) is 17.2 Å². The molecule has 174 valence electrons. The smallest absolute Gasteiger partial charge is 0.306 e. The summed E-state index contributed by atoms with van der Waals surface area (Å²) >= 11 is 0. The van der Waals surface area contributed by atoms with E-state index in [0.717, 1.165) is 11.6 Å². The second kappa shape index (κ2) is 11.2. The SMILES string of the molecule is CCOC(=O)C[C@H](c1ccc(OC)c(OCc2ccccc2)c1)c1oc(CO)cc(=O)c1O. The fourth-order valence-electron chi connectivity index (χ4n) is 3.38. The van der Waals surface area contributed by atoms with Gasteiger partial charge in [-0.1, -0.05) is 36.4 Å². The van der Waals surface area contributed by atoms with E-state index in [1.807, 2.05) is 30.3 Å². The van der Waals surface area contributed by atoms with Gasteiger partial charge in [0.05, 0.1) is 26.1 Å². The summed E-state index contributed by atoms with van der Waals surface area (Å²) in [5.41, 5.74) is 0.760. The van der Waals surface area contributed by atoms with Crippen LogP contribution >= 0.6 is 0 Å². The van der Waals surface area contributed by atoms with Gasteiger partial charge in [-0.3, -0.25) is 9.59 Å². The minimum absolute atomic E-state index is 0.0317. The highest BCUT2D eigenvalue weighted by molar-refractivity contribution is 5.71. The third kappa shape index (κ3) is 5.93. The number of carbonyl (C=O) groups excluding carboxylic acids is 1. The van der Waals surface area contributed by atoms with Crippen LogP contribution in [0.2, 0.25) is 0 Å². The Balaban J connectivity index is 2.04. The molecule has 0 amide bonds. The van der Waals surface area contributed by atoms with E-state index in [0.29, 0.717) is 17.1 Å². The standard InChI is InChI=1S/C25H26O8/c1-3-31-23(28)13-19(25-24(29)20(27)12-18(14-26)33-25)17-9-10-21(30-2)22(11-17)32-15-16-7-5-4-6-8-16/h4-12,19,26,29H,3,13-15H2,1-2H3/t19-/m1/s1. The highest BCUT2D eigenvalue weighted by Crippen LogP contribution is 2.38. The van der Waals surface area contributed by atoms with Crippen molar-refractivity contribution in [1.82, 2.24) is 0 Å². The van der Waals surface area contributed by atoms with Crippen molar-refractivity contribution < 1.29 is 33.6 Å². The predicted molar refractivity (Wildman–Crippen MR) is 119 cm³/mol. The van der Waals surface area contributed by atoms with Crippen molar-refractivity contribution in [3.63, 3.8) is 0 Å². The summed E-state index contributed by atoms with van der Waals surface area (Å²) in [7, 11) is 1.51. The van der Waals surface area contributed by atoms with Crippen LogP contribution in [0.3, 0.4) is 0 Å². The van der Waals surface area contributed by atoms with Crippen molar-refractivity contribution in [2.45, 2.75) is 32.5 Å². The Hall–Kier alpha value is -3.78. The van der Waals surface area contributed by atoms with Gasteiger partial charge in [-0.15, -0.1) is 0 Å². The summed E-state index contributed by atoms with van der Waals surface area (Å²) in [6, 6.07) is 15.6. The van der Waals surface area contributed by atoms with Crippen LogP contribution in [-0.2, 0) is 22.7 Å². The minimum Gasteiger partial charge on any atom is -0.502 e. The molecule has 1 atom stereocenters. The normalized spacial score (nSPS) is 11.6. The fourth-order valence-corrected chi connectivity index (χ4v) is 3.38. The fraction of sp³-hybridized carbons (Fsp3) is 0.280. The summed E-state index contributed by atoms with van der Waals surface area (Å²) in [5.74, 6) is -1.33. The molecule has 3 aromatic rings. The quantitative estimate of drug-likeness (QED) is 0.447. The monoisotopic (exact) mass is 454 g/mol. The second-order valence-corrected chi connectivity index (χ2v) is 7.19. The highest BCUT2D eigenvalue weighted by atomic mass is 16.5. The average Bonchev–Trinajstić information content (AvgIpc) is 2.83. The number of benzene rings is 2.